The lowest BCUT2D eigenvalue weighted by Crippen LogP contribution is -2.01. The molecule has 0 atom stereocenters. The van der Waals surface area contributed by atoms with Gasteiger partial charge in [-0.05, 0) is 128 Å². The van der Waals surface area contributed by atoms with Crippen LogP contribution in [0.4, 0.5) is 0 Å². The lowest BCUT2D eigenvalue weighted by molar-refractivity contribution is 0.410. The van der Waals surface area contributed by atoms with Crippen molar-refractivity contribution in [1.82, 2.24) is 0 Å². The zero-order valence-electron chi connectivity index (χ0n) is 18.2. The first kappa shape index (κ1) is 22.8. The Morgan fingerprint density at radius 1 is 0.618 bits per heavy atom. The molecule has 4 nitrogen and oxygen atoms in total. The summed E-state index contributed by atoms with van der Waals surface area (Å²) >= 11 is 6.93. The van der Waals surface area contributed by atoms with Crippen LogP contribution in [-0.4, -0.2) is 15.3 Å². The number of phenolic OH excluding ortho intramolecular Hbond substituents is 3. The van der Waals surface area contributed by atoms with Crippen LogP contribution in [0.25, 0.3) is 11.1 Å². The highest BCUT2D eigenvalue weighted by Gasteiger charge is 2.19. The van der Waals surface area contributed by atoms with Crippen molar-refractivity contribution in [3.63, 3.8) is 0 Å². The smallest absolute Gasteiger partial charge is 0.169 e. The second kappa shape index (κ2) is 9.35. The lowest BCUT2D eigenvalue weighted by Gasteiger charge is -2.19. The second-order valence-corrected chi connectivity index (χ2v) is 10.1. The fourth-order valence-electron chi connectivity index (χ4n) is 4.37. The third-order valence-corrected chi connectivity index (χ3v) is 7.47. The van der Waals surface area contributed by atoms with Crippen molar-refractivity contribution in [3.05, 3.63) is 97.9 Å². The summed E-state index contributed by atoms with van der Waals surface area (Å²) in [6.07, 6.45) is 2.80. The number of fused-ring (bicyclic) bond motifs is 4. The topological polar surface area (TPSA) is 69.9 Å². The molecule has 0 fully saturated rings. The van der Waals surface area contributed by atoms with Crippen LogP contribution in [0, 0.1) is 0 Å². The van der Waals surface area contributed by atoms with Gasteiger partial charge in [0.15, 0.2) is 11.5 Å². The van der Waals surface area contributed by atoms with E-state index in [-0.39, 0.29) is 17.2 Å². The first-order valence-corrected chi connectivity index (χ1v) is 12.6. The fourth-order valence-corrected chi connectivity index (χ4v) is 5.04. The van der Waals surface area contributed by atoms with Crippen molar-refractivity contribution >= 4 is 31.9 Å². The van der Waals surface area contributed by atoms with Crippen LogP contribution in [0.5, 0.6) is 28.7 Å². The first-order valence-electron chi connectivity index (χ1n) is 11.0. The minimum absolute atomic E-state index is 0.0830. The molecule has 0 spiro atoms. The lowest BCUT2D eigenvalue weighted by atomic mass is 9.89. The molecule has 2 aliphatic heterocycles. The van der Waals surface area contributed by atoms with Crippen molar-refractivity contribution in [2.45, 2.75) is 25.7 Å². The van der Waals surface area contributed by atoms with Gasteiger partial charge in [0.2, 0.25) is 0 Å². The number of aryl methyl sites for hydroxylation is 4. The summed E-state index contributed by atoms with van der Waals surface area (Å²) in [5, 5.41) is 31.9. The molecule has 0 unspecified atom stereocenters. The molecule has 0 radical (unpaired) electrons. The van der Waals surface area contributed by atoms with Gasteiger partial charge in [-0.25, -0.2) is 0 Å². The van der Waals surface area contributed by atoms with Crippen molar-refractivity contribution < 1.29 is 20.1 Å². The van der Waals surface area contributed by atoms with Crippen LogP contribution >= 0.6 is 31.9 Å². The number of hydrogen-bond donors (Lipinski definition) is 3. The molecular weight excluding hydrogens is 560 g/mol. The Labute approximate surface area is 214 Å². The Balaban J connectivity index is 1.70. The number of benzene rings is 4. The van der Waals surface area contributed by atoms with E-state index in [1.165, 1.54) is 0 Å². The van der Waals surface area contributed by atoms with Gasteiger partial charge in [0.1, 0.15) is 17.2 Å². The average Bonchev–Trinajstić information content (AvgIpc) is 2.82. The molecule has 2 heterocycles. The van der Waals surface area contributed by atoms with Crippen LogP contribution in [0.2, 0.25) is 0 Å². The zero-order valence-corrected chi connectivity index (χ0v) is 21.4. The molecule has 4 aromatic carbocycles. The third-order valence-electron chi connectivity index (χ3n) is 6.20. The normalized spacial score (nSPS) is 13.1. The van der Waals surface area contributed by atoms with Gasteiger partial charge in [0.05, 0.1) is 8.95 Å². The van der Waals surface area contributed by atoms with Crippen LogP contribution in [-0.2, 0) is 25.7 Å². The van der Waals surface area contributed by atoms with E-state index < -0.39 is 0 Å². The third kappa shape index (κ3) is 4.52. The predicted octanol–water partition coefficient (Wildman–Crippen LogP) is 7.67. The first-order chi connectivity index (χ1) is 16.4. The summed E-state index contributed by atoms with van der Waals surface area (Å²) in [6.45, 7) is 0. The van der Waals surface area contributed by atoms with Crippen molar-refractivity contribution in [2.75, 3.05) is 0 Å². The molecule has 0 aliphatic carbocycles. The molecule has 0 aromatic heterocycles. The average molecular weight is 582 g/mol. The van der Waals surface area contributed by atoms with Crippen LogP contribution in [0.1, 0.15) is 22.3 Å². The van der Waals surface area contributed by atoms with E-state index in [2.05, 4.69) is 31.9 Å². The minimum atomic E-state index is 0.0830. The highest BCUT2D eigenvalue weighted by Crippen LogP contribution is 2.43. The quantitative estimate of drug-likeness (QED) is 0.199. The van der Waals surface area contributed by atoms with E-state index in [0.717, 1.165) is 46.2 Å². The molecule has 3 N–H and O–H groups in total. The van der Waals surface area contributed by atoms with E-state index in [0.29, 0.717) is 33.3 Å². The Kier molecular flexibility index (Phi) is 6.28. The van der Waals surface area contributed by atoms with E-state index in [9.17, 15) is 15.3 Å². The van der Waals surface area contributed by atoms with Crippen molar-refractivity contribution in [1.29, 1.82) is 0 Å². The van der Waals surface area contributed by atoms with Gasteiger partial charge in [0, 0.05) is 5.56 Å². The minimum Gasteiger partial charge on any atom is -0.507 e. The van der Waals surface area contributed by atoms with Crippen LogP contribution in [0.3, 0.4) is 0 Å². The maximum atomic E-state index is 11.1. The Hall–Kier alpha value is -2.96. The standard InChI is InChI=1S/C28H22Br2O4/c29-22-11-8-18-6-1-16-3-9-20(10-4-16)34-26-13-17(5-12-24(26)31)2-7-19-14-25(32)23(30)15-21(19)27(18)28(22)33/h3-5,8-15,31-33H,1-2,6-7H2. The van der Waals surface area contributed by atoms with E-state index in [4.69, 9.17) is 4.74 Å². The number of hydrogen-bond acceptors (Lipinski definition) is 4. The summed E-state index contributed by atoms with van der Waals surface area (Å²) in [5.74, 6) is 1.49. The molecule has 0 amide bonds. The Bertz CT molecular complexity index is 1380. The maximum absolute atomic E-state index is 11.1. The van der Waals surface area contributed by atoms with Gasteiger partial charge in [-0.2, -0.15) is 0 Å². The molecule has 2 aliphatic rings. The summed E-state index contributed by atoms with van der Waals surface area (Å²) in [5.41, 5.74) is 5.71. The summed E-state index contributed by atoms with van der Waals surface area (Å²) in [7, 11) is 0. The number of rotatable bonds is 0. The Morgan fingerprint density at radius 3 is 2.12 bits per heavy atom. The number of aromatic hydroxyl groups is 3. The zero-order chi connectivity index (χ0) is 23.8. The predicted molar refractivity (Wildman–Crippen MR) is 140 cm³/mol. The van der Waals surface area contributed by atoms with Crippen LogP contribution in [0.15, 0.2) is 75.7 Å². The van der Waals surface area contributed by atoms with Gasteiger partial charge in [-0.3, -0.25) is 0 Å². The van der Waals surface area contributed by atoms with E-state index in [1.807, 2.05) is 54.6 Å². The largest absolute Gasteiger partial charge is 0.507 e. The maximum Gasteiger partial charge on any atom is 0.169 e. The molecule has 6 heteroatoms. The van der Waals surface area contributed by atoms with E-state index in [1.54, 1.807) is 12.1 Å². The van der Waals surface area contributed by atoms with Crippen molar-refractivity contribution in [3.8, 4) is 39.9 Å². The molecule has 34 heavy (non-hydrogen) atoms. The summed E-state index contributed by atoms with van der Waals surface area (Å²) < 4.78 is 7.15. The van der Waals surface area contributed by atoms with Gasteiger partial charge in [-0.15, -0.1) is 0 Å². The van der Waals surface area contributed by atoms with Crippen molar-refractivity contribution in [2.24, 2.45) is 0 Å². The van der Waals surface area contributed by atoms with E-state index >= 15 is 0 Å². The monoisotopic (exact) mass is 580 g/mol. The molecule has 172 valence electrons. The summed E-state index contributed by atoms with van der Waals surface area (Å²) in [6, 6.07) is 20.7. The second-order valence-electron chi connectivity index (χ2n) is 8.44. The SMILES string of the molecule is Oc1cc2c(cc1Br)-c1c(ccc(Br)c1O)CCc1ccc(cc1)Oc1cc(ccc1O)CC2. The molecule has 4 bridgehead atoms. The molecule has 0 saturated heterocycles. The fraction of sp³-hybridized carbons (Fsp3) is 0.143. The molecule has 6 rings (SSSR count). The molecular formula is C28H22Br2O4. The highest BCUT2D eigenvalue weighted by atomic mass is 79.9. The molecule has 4 aromatic rings. The number of ether oxygens (including phenoxy) is 1. The highest BCUT2D eigenvalue weighted by molar-refractivity contribution is 9.11. The number of phenols is 3. The molecule has 0 saturated carbocycles. The van der Waals surface area contributed by atoms with Gasteiger partial charge >= 0.3 is 0 Å². The number of halogens is 2. The van der Waals surface area contributed by atoms with Gasteiger partial charge in [-0.1, -0.05) is 24.3 Å². The van der Waals surface area contributed by atoms with Gasteiger partial charge < -0.3 is 20.1 Å². The van der Waals surface area contributed by atoms with Gasteiger partial charge in [0.25, 0.3) is 0 Å². The Morgan fingerprint density at radius 2 is 1.32 bits per heavy atom. The van der Waals surface area contributed by atoms with Crippen LogP contribution < -0.4 is 4.74 Å². The summed E-state index contributed by atoms with van der Waals surface area (Å²) in [4.78, 5) is 0.